The molecule has 6 aromatic carbocycles. The highest BCUT2D eigenvalue weighted by molar-refractivity contribution is 7.26. The zero-order valence-corrected chi connectivity index (χ0v) is 28.2. The Kier molecular flexibility index (Phi) is 6.82. The summed E-state index contributed by atoms with van der Waals surface area (Å²) in [5.41, 5.74) is 9.01. The number of fused-ring (bicyclic) bond motifs is 6. The Labute approximate surface area is 296 Å². The molecular formula is C44H26N4S2. The normalized spacial score (nSPS) is 11.6. The van der Waals surface area contributed by atoms with Gasteiger partial charge in [-0.2, -0.15) is 0 Å². The maximum atomic E-state index is 5.23. The molecule has 4 aromatic heterocycles. The van der Waals surface area contributed by atoms with Crippen LogP contribution < -0.4 is 0 Å². The third kappa shape index (κ3) is 4.88. The van der Waals surface area contributed by atoms with Crippen molar-refractivity contribution < 1.29 is 0 Å². The molecule has 0 radical (unpaired) electrons. The lowest BCUT2D eigenvalue weighted by Crippen LogP contribution is -1.96. The minimum atomic E-state index is 0.714. The smallest absolute Gasteiger partial charge is 0.160 e. The first-order valence-corrected chi connectivity index (χ1v) is 18.1. The second kappa shape index (κ2) is 11.8. The molecule has 10 aromatic rings. The van der Waals surface area contributed by atoms with E-state index in [1.165, 1.54) is 24.9 Å². The molecule has 0 saturated carbocycles. The Balaban J connectivity index is 1.17. The van der Waals surface area contributed by atoms with E-state index in [9.17, 15) is 0 Å². The lowest BCUT2D eigenvalue weighted by atomic mass is 10.0. The third-order valence-corrected chi connectivity index (χ3v) is 11.4. The summed E-state index contributed by atoms with van der Waals surface area (Å²) in [6.07, 6.45) is 0. The van der Waals surface area contributed by atoms with Crippen LogP contribution in [0.3, 0.4) is 0 Å². The van der Waals surface area contributed by atoms with Crippen molar-refractivity contribution in [1.29, 1.82) is 0 Å². The first kappa shape index (κ1) is 28.9. The summed E-state index contributed by atoms with van der Waals surface area (Å²) in [5.74, 6) is 1.45. The zero-order valence-electron chi connectivity index (χ0n) is 26.6. The molecule has 10 rings (SSSR count). The highest BCUT2D eigenvalue weighted by Gasteiger charge is 2.19. The lowest BCUT2D eigenvalue weighted by molar-refractivity contribution is 1.19. The molecule has 0 aliphatic rings. The number of rotatable bonds is 5. The van der Waals surface area contributed by atoms with Crippen molar-refractivity contribution in [3.05, 3.63) is 158 Å². The molecule has 0 fully saturated rings. The van der Waals surface area contributed by atoms with Crippen molar-refractivity contribution in [2.45, 2.75) is 0 Å². The van der Waals surface area contributed by atoms with Crippen LogP contribution in [-0.2, 0) is 0 Å². The Morgan fingerprint density at radius 2 is 1.02 bits per heavy atom. The molecule has 6 heteroatoms. The number of thiophene rings is 2. The summed E-state index contributed by atoms with van der Waals surface area (Å²) in [6.45, 7) is 0. The van der Waals surface area contributed by atoms with E-state index >= 15 is 0 Å². The maximum Gasteiger partial charge on any atom is 0.160 e. The molecule has 0 amide bonds. The van der Waals surface area contributed by atoms with Crippen LogP contribution in [0.15, 0.2) is 158 Å². The van der Waals surface area contributed by atoms with E-state index in [2.05, 4.69) is 115 Å². The molecule has 0 spiro atoms. The van der Waals surface area contributed by atoms with Crippen LogP contribution in [0.4, 0.5) is 0 Å². The highest BCUT2D eigenvalue weighted by Crippen LogP contribution is 2.44. The van der Waals surface area contributed by atoms with Gasteiger partial charge < -0.3 is 0 Å². The summed E-state index contributed by atoms with van der Waals surface area (Å²) in [6, 6.07) is 54.8. The Bertz CT molecular complexity index is 2800. The van der Waals surface area contributed by atoms with Crippen molar-refractivity contribution in [2.24, 2.45) is 0 Å². The van der Waals surface area contributed by atoms with Gasteiger partial charge in [0.15, 0.2) is 11.6 Å². The van der Waals surface area contributed by atoms with Gasteiger partial charge >= 0.3 is 0 Å². The van der Waals surface area contributed by atoms with Crippen LogP contribution in [0.5, 0.6) is 0 Å². The largest absolute Gasteiger partial charge is 0.228 e. The maximum absolute atomic E-state index is 5.23. The quantitative estimate of drug-likeness (QED) is 0.182. The van der Waals surface area contributed by atoms with Gasteiger partial charge in [0, 0.05) is 58.1 Å². The topological polar surface area (TPSA) is 51.6 Å². The molecule has 0 saturated heterocycles. The molecular weight excluding hydrogens is 649 g/mol. The monoisotopic (exact) mass is 674 g/mol. The fourth-order valence-electron chi connectivity index (χ4n) is 6.75. The van der Waals surface area contributed by atoms with E-state index in [1.807, 2.05) is 53.8 Å². The van der Waals surface area contributed by atoms with Crippen LogP contribution in [0.2, 0.25) is 0 Å². The third-order valence-electron chi connectivity index (χ3n) is 9.13. The van der Waals surface area contributed by atoms with Crippen LogP contribution >= 0.6 is 22.7 Å². The van der Waals surface area contributed by atoms with Crippen LogP contribution in [0.25, 0.3) is 97.0 Å². The highest BCUT2D eigenvalue weighted by atomic mass is 32.1. The van der Waals surface area contributed by atoms with Gasteiger partial charge in [-0.3, -0.25) is 0 Å². The van der Waals surface area contributed by atoms with E-state index in [1.54, 1.807) is 11.3 Å². The molecule has 0 bridgehead atoms. The molecule has 0 unspecified atom stereocenters. The standard InChI is InChI=1S/C44H26N4S2/c1-4-13-27(14-5-1)34-26-35(46-43(45-34)28-15-6-2-7-16-28)31-20-12-22-37-39(31)32-24-23-30(25-38(32)49-37)40-42-41(33-19-10-11-21-36(33)50-42)48-44(47-40)29-17-8-3-9-18-29/h1-26H. The average molecular weight is 675 g/mol. The Morgan fingerprint density at radius 1 is 0.380 bits per heavy atom. The fourth-order valence-corrected chi connectivity index (χ4v) is 9.07. The molecule has 0 atom stereocenters. The summed E-state index contributed by atoms with van der Waals surface area (Å²) in [4.78, 5) is 20.5. The van der Waals surface area contributed by atoms with Crippen molar-refractivity contribution in [3.8, 4) is 56.5 Å². The Morgan fingerprint density at radius 3 is 1.78 bits per heavy atom. The second-order valence-electron chi connectivity index (χ2n) is 12.2. The van der Waals surface area contributed by atoms with Gasteiger partial charge in [-0.25, -0.2) is 19.9 Å². The van der Waals surface area contributed by atoms with Gasteiger partial charge in [0.25, 0.3) is 0 Å². The minimum Gasteiger partial charge on any atom is -0.228 e. The first-order chi connectivity index (χ1) is 24.8. The van der Waals surface area contributed by atoms with Crippen LogP contribution in [0.1, 0.15) is 0 Å². The predicted octanol–water partition coefficient (Wildman–Crippen LogP) is 12.3. The second-order valence-corrected chi connectivity index (χ2v) is 14.4. The van der Waals surface area contributed by atoms with Crippen LogP contribution in [0, 0.1) is 0 Å². The van der Waals surface area contributed by atoms with E-state index in [-0.39, 0.29) is 0 Å². The SMILES string of the molecule is c1ccc(-c2cc(-c3cccc4sc5cc(-c6nc(-c7ccccc7)nc7c6sc6ccccc67)ccc5c34)nc(-c3ccccc3)n2)cc1. The van der Waals surface area contributed by atoms with E-state index < -0.39 is 0 Å². The van der Waals surface area contributed by atoms with Crippen molar-refractivity contribution in [3.63, 3.8) is 0 Å². The van der Waals surface area contributed by atoms with E-state index in [0.717, 1.165) is 66.3 Å². The average Bonchev–Trinajstić information content (AvgIpc) is 3.76. The fraction of sp³-hybridized carbons (Fsp3) is 0. The van der Waals surface area contributed by atoms with Gasteiger partial charge in [-0.15, -0.1) is 22.7 Å². The minimum absolute atomic E-state index is 0.714. The number of hydrogen-bond donors (Lipinski definition) is 0. The number of benzene rings is 6. The molecule has 234 valence electrons. The molecule has 4 heterocycles. The van der Waals surface area contributed by atoms with Gasteiger partial charge in [0.2, 0.25) is 0 Å². The van der Waals surface area contributed by atoms with Gasteiger partial charge in [-0.1, -0.05) is 133 Å². The molecule has 50 heavy (non-hydrogen) atoms. The van der Waals surface area contributed by atoms with Crippen molar-refractivity contribution >= 4 is 63.1 Å². The van der Waals surface area contributed by atoms with Crippen molar-refractivity contribution in [2.75, 3.05) is 0 Å². The van der Waals surface area contributed by atoms with Gasteiger partial charge in [0.1, 0.15) is 0 Å². The zero-order chi connectivity index (χ0) is 33.0. The van der Waals surface area contributed by atoms with Gasteiger partial charge in [0.05, 0.1) is 27.3 Å². The molecule has 0 aliphatic carbocycles. The van der Waals surface area contributed by atoms with Crippen LogP contribution in [-0.4, -0.2) is 19.9 Å². The summed E-state index contributed by atoms with van der Waals surface area (Å²) in [5, 5.41) is 3.57. The van der Waals surface area contributed by atoms with Gasteiger partial charge in [-0.05, 0) is 24.3 Å². The predicted molar refractivity (Wildman–Crippen MR) is 211 cm³/mol. The van der Waals surface area contributed by atoms with E-state index in [4.69, 9.17) is 19.9 Å². The number of aromatic nitrogens is 4. The number of nitrogens with zero attached hydrogens (tertiary/aromatic N) is 4. The summed E-state index contributed by atoms with van der Waals surface area (Å²) in [7, 11) is 0. The molecule has 0 N–H and O–H groups in total. The molecule has 0 aliphatic heterocycles. The number of hydrogen-bond acceptors (Lipinski definition) is 6. The molecule has 4 nitrogen and oxygen atoms in total. The van der Waals surface area contributed by atoms with E-state index in [0.29, 0.717) is 5.82 Å². The summed E-state index contributed by atoms with van der Waals surface area (Å²) >= 11 is 3.57. The summed E-state index contributed by atoms with van der Waals surface area (Å²) < 4.78 is 4.75. The first-order valence-electron chi connectivity index (χ1n) is 16.5. The lowest BCUT2D eigenvalue weighted by Gasteiger charge is -2.11. The van der Waals surface area contributed by atoms with Crippen molar-refractivity contribution in [1.82, 2.24) is 19.9 Å². The Hall–Kier alpha value is -6.08.